The number of nitrogens with one attached hydrogen (secondary N) is 2. The maximum absolute atomic E-state index is 13.6. The van der Waals surface area contributed by atoms with Crippen molar-refractivity contribution in [2.24, 2.45) is 0 Å². The third-order valence-corrected chi connectivity index (χ3v) is 5.03. The lowest BCUT2D eigenvalue weighted by molar-refractivity contribution is 0.622. The Hall–Kier alpha value is -3.22. The molecule has 28 heavy (non-hydrogen) atoms. The molecule has 0 unspecified atom stereocenters. The highest BCUT2D eigenvalue weighted by Gasteiger charge is 2.21. The van der Waals surface area contributed by atoms with Gasteiger partial charge in [0.05, 0.1) is 11.9 Å². The minimum Gasteiger partial charge on any atom is -0.367 e. The number of hydrogen-bond acceptors (Lipinski definition) is 6. The summed E-state index contributed by atoms with van der Waals surface area (Å²) in [6, 6.07) is 11.3. The van der Waals surface area contributed by atoms with Crippen LogP contribution in [0.1, 0.15) is 24.8 Å². The smallest absolute Gasteiger partial charge is 0.229 e. The number of benzene rings is 1. The van der Waals surface area contributed by atoms with E-state index in [0.717, 1.165) is 48.0 Å². The number of fused-ring (bicyclic) bond motifs is 1. The van der Waals surface area contributed by atoms with Crippen molar-refractivity contribution in [1.82, 2.24) is 15.0 Å². The van der Waals surface area contributed by atoms with Gasteiger partial charge in [-0.1, -0.05) is 0 Å². The molecule has 0 spiro atoms. The number of aryl methyl sites for hydroxylation is 1. The van der Waals surface area contributed by atoms with Crippen molar-refractivity contribution in [2.45, 2.75) is 31.7 Å². The lowest BCUT2D eigenvalue weighted by Crippen LogP contribution is -2.25. The molecule has 142 valence electrons. The average molecular weight is 376 g/mol. The highest BCUT2D eigenvalue weighted by atomic mass is 19.1. The Morgan fingerprint density at radius 1 is 1.07 bits per heavy atom. The van der Waals surface area contributed by atoms with Crippen molar-refractivity contribution in [3.8, 4) is 0 Å². The number of anilines is 5. The summed E-state index contributed by atoms with van der Waals surface area (Å²) in [5.41, 5.74) is 2.86. The molecule has 0 radical (unpaired) electrons. The summed E-state index contributed by atoms with van der Waals surface area (Å²) in [5, 5.41) is 6.58. The van der Waals surface area contributed by atoms with E-state index in [9.17, 15) is 4.39 Å². The molecule has 1 aromatic carbocycles. The van der Waals surface area contributed by atoms with Crippen LogP contribution >= 0.6 is 0 Å². The van der Waals surface area contributed by atoms with Crippen LogP contribution in [0.4, 0.5) is 33.3 Å². The Balaban J connectivity index is 1.35. The molecule has 1 fully saturated rings. The largest absolute Gasteiger partial charge is 0.367 e. The monoisotopic (exact) mass is 376 g/mol. The molecule has 0 bridgehead atoms. The average Bonchev–Trinajstić information content (AvgIpc) is 3.53. The van der Waals surface area contributed by atoms with E-state index in [1.54, 1.807) is 18.5 Å². The maximum Gasteiger partial charge on any atom is 0.229 e. The molecule has 1 aliphatic heterocycles. The van der Waals surface area contributed by atoms with E-state index >= 15 is 0 Å². The Kier molecular flexibility index (Phi) is 4.27. The van der Waals surface area contributed by atoms with Gasteiger partial charge in [-0.2, -0.15) is 4.98 Å². The first-order chi connectivity index (χ1) is 13.7. The molecule has 1 aliphatic carbocycles. The second-order valence-corrected chi connectivity index (χ2v) is 7.24. The summed E-state index contributed by atoms with van der Waals surface area (Å²) >= 11 is 0. The molecule has 0 saturated heterocycles. The fourth-order valence-electron chi connectivity index (χ4n) is 3.48. The summed E-state index contributed by atoms with van der Waals surface area (Å²) < 4.78 is 13.6. The molecule has 6 nitrogen and oxygen atoms in total. The quantitative estimate of drug-likeness (QED) is 0.687. The third kappa shape index (κ3) is 3.60. The zero-order valence-corrected chi connectivity index (χ0v) is 15.4. The number of rotatable bonds is 5. The van der Waals surface area contributed by atoms with Gasteiger partial charge in [0.15, 0.2) is 0 Å². The fourth-order valence-corrected chi connectivity index (χ4v) is 3.48. The number of aromatic nitrogens is 3. The second-order valence-electron chi connectivity index (χ2n) is 7.24. The molecule has 2 aromatic heterocycles. The van der Waals surface area contributed by atoms with Crippen LogP contribution in [0.5, 0.6) is 0 Å². The first-order valence-corrected chi connectivity index (χ1v) is 9.63. The molecular weight excluding hydrogens is 355 g/mol. The summed E-state index contributed by atoms with van der Waals surface area (Å²) in [4.78, 5) is 15.5. The molecule has 2 aliphatic rings. The molecule has 0 amide bonds. The Morgan fingerprint density at radius 3 is 2.82 bits per heavy atom. The van der Waals surface area contributed by atoms with Gasteiger partial charge in [-0.05, 0) is 67.6 Å². The van der Waals surface area contributed by atoms with Crippen LogP contribution < -0.4 is 15.5 Å². The van der Waals surface area contributed by atoms with E-state index in [4.69, 9.17) is 0 Å². The van der Waals surface area contributed by atoms with Crippen molar-refractivity contribution in [3.05, 3.63) is 60.2 Å². The summed E-state index contributed by atoms with van der Waals surface area (Å²) in [6.45, 7) is 0.845. The van der Waals surface area contributed by atoms with E-state index in [0.29, 0.717) is 12.0 Å². The standard InChI is InChI=1S/C21H21FN6/c22-15-3-7-18-14(12-15)2-1-11-28(18)20-9-10-23-21(27-20)26-17-6-8-19(24-13-17)25-16-4-5-16/h3,6-10,12-13,16H,1-2,4-5,11H2,(H,24,25)(H,23,26,27). The Bertz CT molecular complexity index is 986. The molecule has 3 aromatic rings. The molecule has 1 saturated carbocycles. The molecule has 3 heterocycles. The van der Waals surface area contributed by atoms with Crippen molar-refractivity contribution in [1.29, 1.82) is 0 Å². The molecular formula is C21H21FN6. The van der Waals surface area contributed by atoms with Crippen LogP contribution in [0.2, 0.25) is 0 Å². The van der Waals surface area contributed by atoms with E-state index in [1.165, 1.54) is 18.9 Å². The van der Waals surface area contributed by atoms with E-state index in [-0.39, 0.29) is 5.82 Å². The van der Waals surface area contributed by atoms with Crippen LogP contribution in [-0.2, 0) is 6.42 Å². The van der Waals surface area contributed by atoms with Gasteiger partial charge < -0.3 is 15.5 Å². The van der Waals surface area contributed by atoms with Crippen LogP contribution in [0.3, 0.4) is 0 Å². The lowest BCUT2D eigenvalue weighted by atomic mass is 10.0. The van der Waals surface area contributed by atoms with Gasteiger partial charge in [0, 0.05) is 24.5 Å². The summed E-state index contributed by atoms with van der Waals surface area (Å²) in [6.07, 6.45) is 7.79. The highest BCUT2D eigenvalue weighted by Crippen LogP contribution is 2.33. The van der Waals surface area contributed by atoms with Gasteiger partial charge in [-0.3, -0.25) is 0 Å². The fraction of sp³-hybridized carbons (Fsp3) is 0.286. The van der Waals surface area contributed by atoms with Crippen LogP contribution in [0.25, 0.3) is 0 Å². The molecule has 0 atom stereocenters. The zero-order valence-electron chi connectivity index (χ0n) is 15.4. The van der Waals surface area contributed by atoms with Crippen molar-refractivity contribution in [2.75, 3.05) is 22.1 Å². The Labute approximate surface area is 162 Å². The predicted octanol–water partition coefficient (Wildman–Crippen LogP) is 4.41. The topological polar surface area (TPSA) is 66.0 Å². The van der Waals surface area contributed by atoms with E-state index in [1.807, 2.05) is 24.3 Å². The van der Waals surface area contributed by atoms with Gasteiger partial charge in [0.1, 0.15) is 17.5 Å². The normalized spacial score (nSPS) is 15.8. The van der Waals surface area contributed by atoms with E-state index < -0.39 is 0 Å². The number of pyridine rings is 1. The third-order valence-electron chi connectivity index (χ3n) is 5.03. The zero-order chi connectivity index (χ0) is 18.9. The van der Waals surface area contributed by atoms with Gasteiger partial charge in [0.25, 0.3) is 0 Å². The molecule has 2 N–H and O–H groups in total. The maximum atomic E-state index is 13.6. The van der Waals surface area contributed by atoms with Crippen molar-refractivity contribution < 1.29 is 4.39 Å². The van der Waals surface area contributed by atoms with Gasteiger partial charge in [0.2, 0.25) is 5.95 Å². The highest BCUT2D eigenvalue weighted by molar-refractivity contribution is 5.66. The minimum atomic E-state index is -0.197. The number of halogens is 1. The van der Waals surface area contributed by atoms with Crippen LogP contribution in [0.15, 0.2) is 48.8 Å². The first-order valence-electron chi connectivity index (χ1n) is 9.63. The van der Waals surface area contributed by atoms with Gasteiger partial charge in [-0.15, -0.1) is 0 Å². The van der Waals surface area contributed by atoms with Gasteiger partial charge >= 0.3 is 0 Å². The summed E-state index contributed by atoms with van der Waals surface area (Å²) in [5.74, 6) is 2.00. The van der Waals surface area contributed by atoms with Crippen LogP contribution in [0, 0.1) is 5.82 Å². The van der Waals surface area contributed by atoms with Crippen molar-refractivity contribution in [3.63, 3.8) is 0 Å². The molecule has 5 rings (SSSR count). The van der Waals surface area contributed by atoms with E-state index in [2.05, 4.69) is 30.5 Å². The number of nitrogens with zero attached hydrogens (tertiary/aromatic N) is 4. The van der Waals surface area contributed by atoms with Crippen molar-refractivity contribution >= 4 is 29.0 Å². The second kappa shape index (κ2) is 7.07. The van der Waals surface area contributed by atoms with Gasteiger partial charge in [-0.25, -0.2) is 14.4 Å². The first kappa shape index (κ1) is 16.9. The summed E-state index contributed by atoms with van der Waals surface area (Å²) in [7, 11) is 0. The van der Waals surface area contributed by atoms with Crippen LogP contribution in [-0.4, -0.2) is 27.5 Å². The predicted molar refractivity (Wildman–Crippen MR) is 108 cm³/mol. The Morgan fingerprint density at radius 2 is 2.00 bits per heavy atom. The minimum absolute atomic E-state index is 0.197. The number of hydrogen-bond donors (Lipinski definition) is 2. The SMILES string of the molecule is Fc1ccc2c(c1)CCCN2c1ccnc(Nc2ccc(NC3CC3)nc2)n1. The lowest BCUT2D eigenvalue weighted by Gasteiger charge is -2.30. The molecule has 7 heteroatoms.